The number of amides is 1. The van der Waals surface area contributed by atoms with Crippen LogP contribution in [0.15, 0.2) is 52.4 Å². The molecule has 0 unspecified atom stereocenters. The molecular formula is C22H24N6O2S. The van der Waals surface area contributed by atoms with Gasteiger partial charge in [-0.3, -0.25) is 4.79 Å². The fourth-order valence-corrected chi connectivity index (χ4v) is 3.60. The third-order valence-corrected chi connectivity index (χ3v) is 5.47. The molecule has 31 heavy (non-hydrogen) atoms. The first kappa shape index (κ1) is 20.9. The summed E-state index contributed by atoms with van der Waals surface area (Å²) < 4.78 is 7.07. The SMILES string of the molecule is CC(C)(C)c1nc(C(C)(C)NC(=O)c2nc(-c3cccs3)n(-c3ccccc3)n2)no1. The Morgan fingerprint density at radius 1 is 1.03 bits per heavy atom. The molecule has 4 rings (SSSR count). The average molecular weight is 437 g/mol. The zero-order valence-electron chi connectivity index (χ0n) is 18.1. The van der Waals surface area contributed by atoms with Gasteiger partial charge in [0.15, 0.2) is 11.6 Å². The summed E-state index contributed by atoms with van der Waals surface area (Å²) in [6, 6.07) is 13.5. The van der Waals surface area contributed by atoms with E-state index in [9.17, 15) is 4.79 Å². The lowest BCUT2D eigenvalue weighted by Gasteiger charge is -2.21. The maximum Gasteiger partial charge on any atom is 0.291 e. The van der Waals surface area contributed by atoms with Crippen molar-refractivity contribution < 1.29 is 9.32 Å². The lowest BCUT2D eigenvalue weighted by molar-refractivity contribution is 0.0896. The predicted octanol–water partition coefficient (Wildman–Crippen LogP) is 4.34. The number of carbonyl (C=O) groups excluding carboxylic acids is 1. The molecule has 8 nitrogen and oxygen atoms in total. The molecule has 1 amide bonds. The quantitative estimate of drug-likeness (QED) is 0.500. The smallest absolute Gasteiger partial charge is 0.291 e. The number of thiophene rings is 1. The van der Waals surface area contributed by atoms with Crippen molar-refractivity contribution in [2.45, 2.75) is 45.6 Å². The third kappa shape index (κ3) is 4.27. The summed E-state index contributed by atoms with van der Waals surface area (Å²) in [5.74, 6) is 1.17. The summed E-state index contributed by atoms with van der Waals surface area (Å²) in [6.45, 7) is 9.60. The maximum atomic E-state index is 13.1. The number of hydrogen-bond acceptors (Lipinski definition) is 7. The van der Waals surface area contributed by atoms with E-state index in [-0.39, 0.29) is 11.2 Å². The average Bonchev–Trinajstić information content (AvgIpc) is 3.47. The van der Waals surface area contributed by atoms with E-state index >= 15 is 0 Å². The van der Waals surface area contributed by atoms with Crippen LogP contribution in [0.1, 0.15) is 57.0 Å². The Hall–Kier alpha value is -3.33. The highest BCUT2D eigenvalue weighted by atomic mass is 32.1. The molecule has 1 aromatic carbocycles. The Labute approximate surface area is 184 Å². The van der Waals surface area contributed by atoms with E-state index in [4.69, 9.17) is 4.52 Å². The van der Waals surface area contributed by atoms with Crippen LogP contribution in [-0.2, 0) is 11.0 Å². The summed E-state index contributed by atoms with van der Waals surface area (Å²) in [6.07, 6.45) is 0. The number of nitrogens with one attached hydrogen (secondary N) is 1. The van der Waals surface area contributed by atoms with Gasteiger partial charge in [0, 0.05) is 5.41 Å². The molecule has 1 N–H and O–H groups in total. The molecule has 0 aliphatic heterocycles. The molecule has 0 saturated heterocycles. The zero-order valence-corrected chi connectivity index (χ0v) is 18.9. The number of para-hydroxylation sites is 1. The second kappa shape index (κ2) is 7.73. The highest BCUT2D eigenvalue weighted by Crippen LogP contribution is 2.27. The van der Waals surface area contributed by atoms with Crippen molar-refractivity contribution >= 4 is 17.2 Å². The topological polar surface area (TPSA) is 98.7 Å². The molecule has 0 saturated carbocycles. The lowest BCUT2D eigenvalue weighted by atomic mass is 9.97. The van der Waals surface area contributed by atoms with E-state index in [2.05, 4.69) is 25.5 Å². The van der Waals surface area contributed by atoms with E-state index in [0.717, 1.165) is 10.6 Å². The number of hydrogen-bond donors (Lipinski definition) is 1. The van der Waals surface area contributed by atoms with Gasteiger partial charge in [-0.2, -0.15) is 4.98 Å². The molecule has 0 radical (unpaired) electrons. The largest absolute Gasteiger partial charge is 0.339 e. The Morgan fingerprint density at radius 2 is 1.77 bits per heavy atom. The van der Waals surface area contributed by atoms with Crippen molar-refractivity contribution in [2.24, 2.45) is 0 Å². The predicted molar refractivity (Wildman–Crippen MR) is 118 cm³/mol. The van der Waals surface area contributed by atoms with Crippen LogP contribution < -0.4 is 5.32 Å². The molecule has 0 spiro atoms. The second-order valence-corrected chi connectivity index (χ2v) is 9.68. The van der Waals surface area contributed by atoms with Gasteiger partial charge in [-0.15, -0.1) is 16.4 Å². The molecule has 160 valence electrons. The molecule has 0 atom stereocenters. The normalized spacial score (nSPS) is 12.2. The minimum Gasteiger partial charge on any atom is -0.339 e. The van der Waals surface area contributed by atoms with Gasteiger partial charge in [0.1, 0.15) is 0 Å². The van der Waals surface area contributed by atoms with E-state index in [0.29, 0.717) is 17.5 Å². The van der Waals surface area contributed by atoms with Crippen LogP contribution in [0.5, 0.6) is 0 Å². The van der Waals surface area contributed by atoms with Crippen LogP contribution in [0.2, 0.25) is 0 Å². The van der Waals surface area contributed by atoms with Gasteiger partial charge in [-0.25, -0.2) is 9.67 Å². The van der Waals surface area contributed by atoms with Crippen molar-refractivity contribution in [3.05, 3.63) is 65.4 Å². The first-order valence-electron chi connectivity index (χ1n) is 9.89. The van der Waals surface area contributed by atoms with Crippen molar-refractivity contribution in [1.82, 2.24) is 30.2 Å². The van der Waals surface area contributed by atoms with E-state index in [1.54, 1.807) is 4.68 Å². The number of rotatable bonds is 5. The molecule has 3 aromatic heterocycles. The van der Waals surface area contributed by atoms with Gasteiger partial charge in [0.2, 0.25) is 11.7 Å². The first-order valence-corrected chi connectivity index (χ1v) is 10.8. The first-order chi connectivity index (χ1) is 14.6. The Morgan fingerprint density at radius 3 is 2.39 bits per heavy atom. The van der Waals surface area contributed by atoms with Crippen molar-refractivity contribution in [2.75, 3.05) is 0 Å². The monoisotopic (exact) mass is 436 g/mol. The Kier molecular flexibility index (Phi) is 5.22. The van der Waals surface area contributed by atoms with Crippen LogP contribution in [0.3, 0.4) is 0 Å². The summed E-state index contributed by atoms with van der Waals surface area (Å²) >= 11 is 1.54. The van der Waals surface area contributed by atoms with Crippen LogP contribution in [0.25, 0.3) is 16.4 Å². The standard InChI is InChI=1S/C22H24N6O2S/c1-21(2,3)20-24-19(27-30-20)22(4,5)25-18(29)16-23-17(15-12-9-13-31-15)28(26-16)14-10-7-6-8-11-14/h6-13H,1-5H3,(H,25,29). The summed E-state index contributed by atoms with van der Waals surface area (Å²) in [5.41, 5.74) is -0.327. The molecule has 0 fully saturated rings. The fourth-order valence-electron chi connectivity index (χ4n) is 2.90. The Balaban J connectivity index is 1.65. The van der Waals surface area contributed by atoms with Crippen molar-refractivity contribution in [3.63, 3.8) is 0 Å². The number of nitrogens with zero attached hydrogens (tertiary/aromatic N) is 5. The minimum atomic E-state index is -0.870. The minimum absolute atomic E-state index is 0.0693. The molecule has 9 heteroatoms. The van der Waals surface area contributed by atoms with Gasteiger partial charge in [-0.05, 0) is 37.4 Å². The summed E-state index contributed by atoms with van der Waals surface area (Å²) in [7, 11) is 0. The van der Waals surface area contributed by atoms with Gasteiger partial charge < -0.3 is 9.84 Å². The second-order valence-electron chi connectivity index (χ2n) is 8.74. The molecule has 0 aliphatic rings. The van der Waals surface area contributed by atoms with E-state index < -0.39 is 11.4 Å². The van der Waals surface area contributed by atoms with Gasteiger partial charge in [-0.1, -0.05) is 50.2 Å². The third-order valence-electron chi connectivity index (χ3n) is 4.61. The molecular weight excluding hydrogens is 412 g/mol. The van der Waals surface area contributed by atoms with Crippen LogP contribution >= 0.6 is 11.3 Å². The van der Waals surface area contributed by atoms with E-state index in [1.165, 1.54) is 11.3 Å². The Bertz CT molecular complexity index is 1190. The summed E-state index contributed by atoms with van der Waals surface area (Å²) in [4.78, 5) is 23.0. The van der Waals surface area contributed by atoms with Gasteiger partial charge in [0.05, 0.1) is 16.1 Å². The molecule has 4 aromatic rings. The maximum absolute atomic E-state index is 13.1. The van der Waals surface area contributed by atoms with Crippen molar-refractivity contribution in [1.29, 1.82) is 0 Å². The molecule has 3 heterocycles. The number of carbonyl (C=O) groups is 1. The summed E-state index contributed by atoms with van der Waals surface area (Å²) in [5, 5.41) is 13.5. The van der Waals surface area contributed by atoms with E-state index in [1.807, 2.05) is 82.5 Å². The van der Waals surface area contributed by atoms with Crippen LogP contribution in [0, 0.1) is 0 Å². The number of benzene rings is 1. The zero-order chi connectivity index (χ0) is 22.2. The molecule has 0 bridgehead atoms. The highest BCUT2D eigenvalue weighted by Gasteiger charge is 2.33. The fraction of sp³-hybridized carbons (Fsp3) is 0.318. The molecule has 0 aliphatic carbocycles. The van der Waals surface area contributed by atoms with Gasteiger partial charge in [0.25, 0.3) is 5.91 Å². The highest BCUT2D eigenvalue weighted by molar-refractivity contribution is 7.13. The lowest BCUT2D eigenvalue weighted by Crippen LogP contribution is -2.42. The van der Waals surface area contributed by atoms with Crippen LogP contribution in [-0.4, -0.2) is 30.8 Å². The van der Waals surface area contributed by atoms with Crippen LogP contribution in [0.4, 0.5) is 0 Å². The number of aromatic nitrogens is 5. The van der Waals surface area contributed by atoms with Crippen molar-refractivity contribution in [3.8, 4) is 16.4 Å². The van der Waals surface area contributed by atoms with Gasteiger partial charge >= 0.3 is 0 Å².